The number of ether oxygens (including phenoxy) is 1. The summed E-state index contributed by atoms with van der Waals surface area (Å²) in [4.78, 5) is 11.8. The van der Waals surface area contributed by atoms with Gasteiger partial charge in [0.15, 0.2) is 0 Å². The number of rotatable bonds is 4. The molecule has 2 aromatic rings. The second kappa shape index (κ2) is 7.53. The van der Waals surface area contributed by atoms with E-state index >= 15 is 0 Å². The summed E-state index contributed by atoms with van der Waals surface area (Å²) >= 11 is 2.85. The van der Waals surface area contributed by atoms with Crippen LogP contribution in [0.2, 0.25) is 0 Å². The highest BCUT2D eigenvalue weighted by Gasteiger charge is 2.33. The fraction of sp³-hybridized carbons (Fsp3) is 0.118. The SMILES string of the molecule is COc1ccc(/C=C/C(=O)Nc2ccc(Br)c(C(F)(F)F)c2)cc1. The zero-order valence-corrected chi connectivity index (χ0v) is 14.1. The Morgan fingerprint density at radius 1 is 1.17 bits per heavy atom. The van der Waals surface area contributed by atoms with Gasteiger partial charge < -0.3 is 10.1 Å². The first-order valence-electron chi connectivity index (χ1n) is 6.79. The molecule has 0 aliphatic carbocycles. The highest BCUT2D eigenvalue weighted by molar-refractivity contribution is 9.10. The molecule has 2 rings (SSSR count). The van der Waals surface area contributed by atoms with Gasteiger partial charge in [-0.2, -0.15) is 13.2 Å². The zero-order valence-electron chi connectivity index (χ0n) is 12.5. The van der Waals surface area contributed by atoms with Crippen molar-refractivity contribution in [3.05, 3.63) is 64.1 Å². The van der Waals surface area contributed by atoms with E-state index in [0.717, 1.165) is 11.6 Å². The summed E-state index contributed by atoms with van der Waals surface area (Å²) in [5, 5.41) is 2.40. The van der Waals surface area contributed by atoms with Gasteiger partial charge >= 0.3 is 6.18 Å². The van der Waals surface area contributed by atoms with Crippen LogP contribution in [0.4, 0.5) is 18.9 Å². The first kappa shape index (κ1) is 18.1. The minimum atomic E-state index is -4.50. The van der Waals surface area contributed by atoms with Crippen LogP contribution < -0.4 is 10.1 Å². The summed E-state index contributed by atoms with van der Waals surface area (Å²) in [5.74, 6) is 0.160. The summed E-state index contributed by atoms with van der Waals surface area (Å²) in [7, 11) is 1.55. The number of hydrogen-bond acceptors (Lipinski definition) is 2. The van der Waals surface area contributed by atoms with E-state index in [1.54, 1.807) is 37.5 Å². The average Bonchev–Trinajstić information content (AvgIpc) is 2.54. The standard InChI is InChI=1S/C17H13BrF3NO2/c1-24-13-6-2-11(3-7-13)4-9-16(23)22-12-5-8-15(18)14(10-12)17(19,20)21/h2-10H,1H3,(H,22,23)/b9-4+. The lowest BCUT2D eigenvalue weighted by Crippen LogP contribution is -2.11. The van der Waals surface area contributed by atoms with Gasteiger partial charge in [0.1, 0.15) is 5.75 Å². The van der Waals surface area contributed by atoms with E-state index in [-0.39, 0.29) is 10.2 Å². The molecule has 0 saturated heterocycles. The van der Waals surface area contributed by atoms with Crippen molar-refractivity contribution in [1.29, 1.82) is 0 Å². The van der Waals surface area contributed by atoms with Crippen LogP contribution in [-0.4, -0.2) is 13.0 Å². The maximum atomic E-state index is 12.8. The lowest BCUT2D eigenvalue weighted by molar-refractivity contribution is -0.138. The van der Waals surface area contributed by atoms with Gasteiger partial charge in [-0.3, -0.25) is 4.79 Å². The summed E-state index contributed by atoms with van der Waals surface area (Å²) in [6.07, 6.45) is -1.70. The van der Waals surface area contributed by atoms with E-state index in [9.17, 15) is 18.0 Å². The Morgan fingerprint density at radius 3 is 2.42 bits per heavy atom. The number of alkyl halides is 3. The number of hydrogen-bond donors (Lipinski definition) is 1. The largest absolute Gasteiger partial charge is 0.497 e. The summed E-state index contributed by atoms with van der Waals surface area (Å²) < 4.78 is 43.4. The minimum absolute atomic E-state index is 0.0647. The Hall–Kier alpha value is -2.28. The van der Waals surface area contributed by atoms with Gasteiger partial charge in [-0.15, -0.1) is 0 Å². The van der Waals surface area contributed by atoms with Crippen LogP contribution in [0.5, 0.6) is 5.75 Å². The van der Waals surface area contributed by atoms with Crippen molar-refractivity contribution >= 4 is 33.6 Å². The van der Waals surface area contributed by atoms with Gasteiger partial charge in [-0.25, -0.2) is 0 Å². The average molecular weight is 400 g/mol. The van der Waals surface area contributed by atoms with E-state index < -0.39 is 17.6 Å². The second-order valence-electron chi connectivity index (χ2n) is 4.79. The molecule has 0 unspecified atom stereocenters. The molecule has 7 heteroatoms. The molecular formula is C17H13BrF3NO2. The van der Waals surface area contributed by atoms with Gasteiger partial charge in [0.2, 0.25) is 5.91 Å². The maximum Gasteiger partial charge on any atom is 0.417 e. The first-order valence-corrected chi connectivity index (χ1v) is 7.59. The third kappa shape index (κ3) is 4.86. The number of carbonyl (C=O) groups is 1. The second-order valence-corrected chi connectivity index (χ2v) is 5.64. The third-order valence-electron chi connectivity index (χ3n) is 3.08. The molecule has 0 atom stereocenters. The number of benzene rings is 2. The van der Waals surface area contributed by atoms with E-state index in [2.05, 4.69) is 21.2 Å². The van der Waals surface area contributed by atoms with Crippen molar-refractivity contribution in [1.82, 2.24) is 0 Å². The maximum absolute atomic E-state index is 12.8. The van der Waals surface area contributed by atoms with E-state index in [1.807, 2.05) is 0 Å². The van der Waals surface area contributed by atoms with Crippen molar-refractivity contribution in [3.8, 4) is 5.75 Å². The predicted molar refractivity (Wildman–Crippen MR) is 89.8 cm³/mol. The molecule has 0 aromatic heterocycles. The van der Waals surface area contributed by atoms with Gasteiger partial charge in [0.05, 0.1) is 12.7 Å². The molecule has 0 radical (unpaired) electrons. The summed E-state index contributed by atoms with van der Waals surface area (Å²) in [5.41, 5.74) is -0.0212. The Balaban J connectivity index is 2.08. The first-order chi connectivity index (χ1) is 11.3. The van der Waals surface area contributed by atoms with Crippen LogP contribution in [0.15, 0.2) is 53.0 Å². The molecule has 0 fully saturated rings. The fourth-order valence-electron chi connectivity index (χ4n) is 1.89. The van der Waals surface area contributed by atoms with Crippen molar-refractivity contribution in [2.75, 3.05) is 12.4 Å². The molecule has 0 aliphatic heterocycles. The van der Waals surface area contributed by atoms with Crippen LogP contribution >= 0.6 is 15.9 Å². The molecule has 0 heterocycles. The van der Waals surface area contributed by atoms with Crippen molar-refractivity contribution < 1.29 is 22.7 Å². The molecule has 3 nitrogen and oxygen atoms in total. The number of carbonyl (C=O) groups excluding carboxylic acids is 1. The molecule has 1 N–H and O–H groups in total. The zero-order chi connectivity index (χ0) is 17.7. The Kier molecular flexibility index (Phi) is 5.66. The summed E-state index contributed by atoms with van der Waals surface area (Å²) in [6, 6.07) is 10.5. The number of amides is 1. The van der Waals surface area contributed by atoms with Gasteiger partial charge in [0, 0.05) is 16.2 Å². The van der Waals surface area contributed by atoms with E-state index in [1.165, 1.54) is 18.2 Å². The number of methoxy groups -OCH3 is 1. The number of halogens is 4. The number of anilines is 1. The highest BCUT2D eigenvalue weighted by atomic mass is 79.9. The molecular weight excluding hydrogens is 387 g/mol. The van der Waals surface area contributed by atoms with E-state index in [4.69, 9.17) is 4.74 Å². The smallest absolute Gasteiger partial charge is 0.417 e. The Bertz CT molecular complexity index is 755. The molecule has 1 amide bonds. The van der Waals surface area contributed by atoms with Crippen molar-refractivity contribution in [3.63, 3.8) is 0 Å². The predicted octanol–water partition coefficient (Wildman–Crippen LogP) is 5.13. The molecule has 24 heavy (non-hydrogen) atoms. The quantitative estimate of drug-likeness (QED) is 0.723. The molecule has 2 aromatic carbocycles. The third-order valence-corrected chi connectivity index (χ3v) is 3.77. The molecule has 126 valence electrons. The van der Waals surface area contributed by atoms with Crippen molar-refractivity contribution in [2.24, 2.45) is 0 Å². The van der Waals surface area contributed by atoms with Crippen molar-refractivity contribution in [2.45, 2.75) is 6.18 Å². The molecule has 0 saturated carbocycles. The monoisotopic (exact) mass is 399 g/mol. The number of nitrogens with one attached hydrogen (secondary N) is 1. The van der Waals surface area contributed by atoms with Crippen LogP contribution in [0.3, 0.4) is 0 Å². The van der Waals surface area contributed by atoms with Crippen LogP contribution in [-0.2, 0) is 11.0 Å². The Morgan fingerprint density at radius 2 is 1.83 bits per heavy atom. The van der Waals surface area contributed by atoms with Gasteiger partial charge in [0.25, 0.3) is 0 Å². The Labute approximate surface area is 145 Å². The lowest BCUT2D eigenvalue weighted by atomic mass is 10.2. The van der Waals surface area contributed by atoms with Gasteiger partial charge in [-0.1, -0.05) is 28.1 Å². The van der Waals surface area contributed by atoms with Crippen LogP contribution in [0.1, 0.15) is 11.1 Å². The molecule has 0 bridgehead atoms. The lowest BCUT2D eigenvalue weighted by Gasteiger charge is -2.11. The minimum Gasteiger partial charge on any atom is -0.497 e. The summed E-state index contributed by atoms with van der Waals surface area (Å²) in [6.45, 7) is 0. The van der Waals surface area contributed by atoms with Crippen LogP contribution in [0.25, 0.3) is 6.08 Å². The molecule has 0 aliphatic rings. The molecule has 0 spiro atoms. The fourth-order valence-corrected chi connectivity index (χ4v) is 2.36. The highest BCUT2D eigenvalue weighted by Crippen LogP contribution is 2.36. The van der Waals surface area contributed by atoms with Gasteiger partial charge in [-0.05, 0) is 42.0 Å². The van der Waals surface area contributed by atoms with Crippen LogP contribution in [0, 0.1) is 0 Å². The topological polar surface area (TPSA) is 38.3 Å². The normalized spacial score (nSPS) is 11.5. The van der Waals surface area contributed by atoms with E-state index in [0.29, 0.717) is 5.75 Å².